The standard InChI is InChI=1S/C28H44F5NO11/c1-34-3-5-37-7-9-39-11-13-41-15-17-43-19-21-44-20-18-42-16-14-40-12-10-38-8-6-36-4-2-22(35)45-28-26(32)24(30)23(29)25(31)27(28)33/h34H,2-21H2,1H3. The van der Waals surface area contributed by atoms with E-state index in [0.29, 0.717) is 92.5 Å². The first-order chi connectivity index (χ1) is 21.9. The molecule has 0 aliphatic heterocycles. The number of halogens is 5. The highest BCUT2D eigenvalue weighted by Gasteiger charge is 2.28. The van der Waals surface area contributed by atoms with Crippen molar-refractivity contribution >= 4 is 5.97 Å². The average Bonchev–Trinajstić information content (AvgIpc) is 3.04. The SMILES string of the molecule is CNCCOCCOCCOCCOCCOCCOCCOCCOCCOCCC(=O)Oc1c(F)c(F)c(F)c(F)c1F. The van der Waals surface area contributed by atoms with Gasteiger partial charge in [0.25, 0.3) is 0 Å². The molecule has 0 amide bonds. The van der Waals surface area contributed by atoms with Crippen molar-refractivity contribution in [1.82, 2.24) is 5.32 Å². The molecule has 0 aliphatic rings. The van der Waals surface area contributed by atoms with Gasteiger partial charge in [-0.2, -0.15) is 8.78 Å². The lowest BCUT2D eigenvalue weighted by Gasteiger charge is -2.09. The maximum Gasteiger partial charge on any atom is 0.313 e. The van der Waals surface area contributed by atoms with Crippen molar-refractivity contribution in [3.8, 4) is 5.75 Å². The van der Waals surface area contributed by atoms with E-state index < -0.39 is 47.2 Å². The topological polar surface area (TPSA) is 121 Å². The lowest BCUT2D eigenvalue weighted by atomic mass is 10.2. The zero-order valence-corrected chi connectivity index (χ0v) is 25.5. The number of rotatable bonds is 31. The minimum atomic E-state index is -2.35. The summed E-state index contributed by atoms with van der Waals surface area (Å²) in [7, 11) is 1.87. The molecule has 0 radical (unpaired) electrons. The van der Waals surface area contributed by atoms with E-state index >= 15 is 0 Å². The molecule has 0 unspecified atom stereocenters. The second kappa shape index (κ2) is 28.2. The molecule has 45 heavy (non-hydrogen) atoms. The Morgan fingerprint density at radius 1 is 0.444 bits per heavy atom. The largest absolute Gasteiger partial charge is 0.420 e. The zero-order chi connectivity index (χ0) is 33.0. The van der Waals surface area contributed by atoms with Crippen LogP contribution in [-0.2, 0) is 47.4 Å². The van der Waals surface area contributed by atoms with Crippen LogP contribution in [-0.4, -0.2) is 138 Å². The highest BCUT2D eigenvalue weighted by atomic mass is 19.2. The molecule has 262 valence electrons. The molecule has 0 atom stereocenters. The van der Waals surface area contributed by atoms with Crippen molar-refractivity contribution in [2.45, 2.75) is 6.42 Å². The average molecular weight is 666 g/mol. The normalized spacial score (nSPS) is 11.4. The fourth-order valence-corrected chi connectivity index (χ4v) is 3.03. The van der Waals surface area contributed by atoms with Gasteiger partial charge in [0.15, 0.2) is 0 Å². The molecule has 0 spiro atoms. The van der Waals surface area contributed by atoms with Gasteiger partial charge >= 0.3 is 5.97 Å². The third-order valence-corrected chi connectivity index (χ3v) is 5.31. The van der Waals surface area contributed by atoms with Crippen molar-refractivity contribution in [1.29, 1.82) is 0 Å². The Labute approximate surface area is 259 Å². The summed E-state index contributed by atoms with van der Waals surface area (Å²) < 4.78 is 119. The van der Waals surface area contributed by atoms with E-state index in [1.165, 1.54) is 0 Å². The summed E-state index contributed by atoms with van der Waals surface area (Å²) in [5.74, 6) is -14.1. The summed E-state index contributed by atoms with van der Waals surface area (Å²) in [5, 5.41) is 2.99. The first-order valence-corrected chi connectivity index (χ1v) is 14.5. The van der Waals surface area contributed by atoms with Gasteiger partial charge < -0.3 is 52.7 Å². The number of carbonyl (C=O) groups is 1. The summed E-state index contributed by atoms with van der Waals surface area (Å²) in [6.45, 7) is 7.65. The summed E-state index contributed by atoms with van der Waals surface area (Å²) in [6.07, 6.45) is -0.483. The Morgan fingerprint density at radius 3 is 1.02 bits per heavy atom. The monoisotopic (exact) mass is 665 g/mol. The predicted molar refractivity (Wildman–Crippen MR) is 148 cm³/mol. The van der Waals surface area contributed by atoms with Crippen LogP contribution in [0, 0.1) is 29.1 Å². The van der Waals surface area contributed by atoms with Gasteiger partial charge in [-0.1, -0.05) is 0 Å². The van der Waals surface area contributed by atoms with E-state index in [2.05, 4.69) is 10.1 Å². The van der Waals surface area contributed by atoms with Crippen LogP contribution < -0.4 is 10.1 Å². The molecule has 0 aromatic heterocycles. The van der Waals surface area contributed by atoms with Crippen LogP contribution in [0.2, 0.25) is 0 Å². The van der Waals surface area contributed by atoms with Crippen molar-refractivity contribution in [2.75, 3.05) is 133 Å². The molecule has 1 N–H and O–H groups in total. The van der Waals surface area contributed by atoms with Crippen LogP contribution in [0.15, 0.2) is 0 Å². The summed E-state index contributed by atoms with van der Waals surface area (Å²) in [4.78, 5) is 11.6. The van der Waals surface area contributed by atoms with Crippen LogP contribution >= 0.6 is 0 Å². The third-order valence-electron chi connectivity index (χ3n) is 5.31. The van der Waals surface area contributed by atoms with Crippen molar-refractivity contribution < 1.29 is 74.1 Å². The van der Waals surface area contributed by atoms with Crippen molar-refractivity contribution in [3.63, 3.8) is 0 Å². The third kappa shape index (κ3) is 20.6. The highest BCUT2D eigenvalue weighted by molar-refractivity contribution is 5.72. The van der Waals surface area contributed by atoms with E-state index in [9.17, 15) is 26.7 Å². The van der Waals surface area contributed by atoms with Crippen LogP contribution in [0.5, 0.6) is 5.75 Å². The first kappa shape index (κ1) is 41.0. The zero-order valence-electron chi connectivity index (χ0n) is 25.5. The predicted octanol–water partition coefficient (Wildman–Crippen LogP) is 2.05. The minimum Gasteiger partial charge on any atom is -0.420 e. The quantitative estimate of drug-likeness (QED) is 0.0312. The maximum atomic E-state index is 13.5. The summed E-state index contributed by atoms with van der Waals surface area (Å²) >= 11 is 0. The van der Waals surface area contributed by atoms with Crippen LogP contribution in [0.4, 0.5) is 22.0 Å². The number of hydrogen-bond acceptors (Lipinski definition) is 12. The molecule has 12 nitrogen and oxygen atoms in total. The van der Waals surface area contributed by atoms with Gasteiger partial charge in [0.1, 0.15) is 0 Å². The highest BCUT2D eigenvalue weighted by Crippen LogP contribution is 2.29. The Bertz CT molecular complexity index is 876. The van der Waals surface area contributed by atoms with E-state index in [0.717, 1.165) is 6.54 Å². The molecule has 0 aliphatic carbocycles. The molecule has 1 aromatic carbocycles. The molecule has 0 saturated heterocycles. The Morgan fingerprint density at radius 2 is 0.711 bits per heavy atom. The number of ether oxygens (including phenoxy) is 10. The van der Waals surface area contributed by atoms with E-state index in [-0.39, 0.29) is 26.4 Å². The lowest BCUT2D eigenvalue weighted by molar-refractivity contribution is -0.136. The molecule has 1 rings (SSSR count). The minimum absolute atomic E-state index is 0.0850. The van der Waals surface area contributed by atoms with E-state index in [4.69, 9.17) is 42.6 Å². The van der Waals surface area contributed by atoms with Gasteiger partial charge in [-0.15, -0.1) is 0 Å². The fraction of sp³-hybridized carbons (Fsp3) is 0.750. The van der Waals surface area contributed by atoms with Crippen LogP contribution in [0.25, 0.3) is 0 Å². The number of esters is 1. The van der Waals surface area contributed by atoms with Crippen molar-refractivity contribution in [2.24, 2.45) is 0 Å². The van der Waals surface area contributed by atoms with Gasteiger partial charge in [0.2, 0.25) is 34.8 Å². The van der Waals surface area contributed by atoms with Crippen molar-refractivity contribution in [3.05, 3.63) is 29.1 Å². The molecule has 17 heteroatoms. The van der Waals surface area contributed by atoms with Gasteiger partial charge in [0.05, 0.1) is 125 Å². The fourth-order valence-electron chi connectivity index (χ4n) is 3.03. The Hall–Kier alpha value is -2.06. The lowest BCUT2D eigenvalue weighted by Crippen LogP contribution is -2.17. The Kier molecular flexibility index (Phi) is 25.7. The van der Waals surface area contributed by atoms with Gasteiger partial charge in [-0.25, -0.2) is 13.2 Å². The number of likely N-dealkylation sites (N-methyl/N-ethyl adjacent to an activating group) is 1. The van der Waals surface area contributed by atoms with Gasteiger partial charge in [-0.3, -0.25) is 4.79 Å². The van der Waals surface area contributed by atoms with E-state index in [1.807, 2.05) is 7.05 Å². The van der Waals surface area contributed by atoms with Gasteiger partial charge in [-0.05, 0) is 7.05 Å². The number of hydrogen-bond donors (Lipinski definition) is 1. The molecule has 0 heterocycles. The molecular weight excluding hydrogens is 621 g/mol. The number of nitrogens with one attached hydrogen (secondary N) is 1. The van der Waals surface area contributed by atoms with E-state index in [1.54, 1.807) is 0 Å². The van der Waals surface area contributed by atoms with Crippen LogP contribution in [0.1, 0.15) is 6.42 Å². The molecule has 0 fully saturated rings. The summed E-state index contributed by atoms with van der Waals surface area (Å²) in [6, 6.07) is 0. The first-order valence-electron chi connectivity index (χ1n) is 14.5. The summed E-state index contributed by atoms with van der Waals surface area (Å²) in [5.41, 5.74) is 0. The number of benzene rings is 1. The van der Waals surface area contributed by atoms with Gasteiger partial charge in [0, 0.05) is 6.54 Å². The molecule has 0 bridgehead atoms. The number of carbonyl (C=O) groups excluding carboxylic acids is 1. The maximum absolute atomic E-state index is 13.5. The smallest absolute Gasteiger partial charge is 0.313 e. The second-order valence-corrected chi connectivity index (χ2v) is 8.74. The Balaban J connectivity index is 1.78. The van der Waals surface area contributed by atoms with Crippen LogP contribution in [0.3, 0.4) is 0 Å². The molecule has 0 saturated carbocycles. The molecular formula is C28H44F5NO11. The molecule has 1 aromatic rings. The second-order valence-electron chi connectivity index (χ2n) is 8.74.